The summed E-state index contributed by atoms with van der Waals surface area (Å²) in [6, 6.07) is 0.272. The summed E-state index contributed by atoms with van der Waals surface area (Å²) in [5.41, 5.74) is 5.41. The average molecular weight is 212 g/mol. The van der Waals surface area contributed by atoms with Gasteiger partial charge in [0.2, 0.25) is 0 Å². The molecule has 15 heavy (non-hydrogen) atoms. The first-order valence-corrected chi connectivity index (χ1v) is 5.59. The molecule has 3 atom stereocenters. The third-order valence-electron chi connectivity index (χ3n) is 3.48. The molecule has 1 amide bonds. The van der Waals surface area contributed by atoms with Crippen LogP contribution in [-0.4, -0.2) is 23.3 Å². The average Bonchev–Trinajstić information content (AvgIpc) is 1.97. The first kappa shape index (κ1) is 10.7. The monoisotopic (exact) mass is 212 g/mol. The Morgan fingerprint density at radius 1 is 1.53 bits per heavy atom. The lowest BCUT2D eigenvalue weighted by Crippen LogP contribution is -2.74. The summed E-state index contributed by atoms with van der Waals surface area (Å²) in [7, 11) is 0. The summed E-state index contributed by atoms with van der Waals surface area (Å²) in [4.78, 5) is 11.6. The lowest BCUT2D eigenvalue weighted by molar-refractivity contribution is -0.0479. The van der Waals surface area contributed by atoms with E-state index in [1.54, 1.807) is 0 Å². The number of fused-ring (bicyclic) bond motifs is 1. The molecule has 0 spiro atoms. The Labute approximate surface area is 90.5 Å². The Hall–Kier alpha value is -0.770. The molecule has 0 aromatic rings. The summed E-state index contributed by atoms with van der Waals surface area (Å²) >= 11 is 0. The van der Waals surface area contributed by atoms with Crippen LogP contribution in [0.5, 0.6) is 0 Å². The fourth-order valence-corrected chi connectivity index (χ4v) is 2.65. The van der Waals surface area contributed by atoms with E-state index in [4.69, 9.17) is 10.5 Å². The van der Waals surface area contributed by atoms with Gasteiger partial charge in [-0.25, -0.2) is 4.79 Å². The van der Waals surface area contributed by atoms with Gasteiger partial charge in [-0.2, -0.15) is 0 Å². The summed E-state index contributed by atoms with van der Waals surface area (Å²) in [5, 5.41) is 2.98. The summed E-state index contributed by atoms with van der Waals surface area (Å²) < 4.78 is 5.24. The van der Waals surface area contributed by atoms with Gasteiger partial charge in [0.1, 0.15) is 5.60 Å². The van der Waals surface area contributed by atoms with Crippen molar-refractivity contribution < 1.29 is 9.53 Å². The molecule has 3 unspecified atom stereocenters. The number of hydrogen-bond acceptors (Lipinski definition) is 3. The molecule has 0 saturated heterocycles. The van der Waals surface area contributed by atoms with Crippen LogP contribution in [0.3, 0.4) is 0 Å². The molecule has 2 rings (SSSR count). The number of amides is 1. The first-order chi connectivity index (χ1) is 6.82. The van der Waals surface area contributed by atoms with Gasteiger partial charge in [0, 0.05) is 11.6 Å². The highest BCUT2D eigenvalue weighted by atomic mass is 16.6. The largest absolute Gasteiger partial charge is 0.444 e. The number of ether oxygens (including phenoxy) is 1. The minimum Gasteiger partial charge on any atom is -0.444 e. The van der Waals surface area contributed by atoms with E-state index in [0.717, 1.165) is 19.3 Å². The van der Waals surface area contributed by atoms with E-state index in [1.807, 2.05) is 20.8 Å². The van der Waals surface area contributed by atoms with E-state index in [2.05, 4.69) is 5.32 Å². The minimum atomic E-state index is -0.425. The molecule has 86 valence electrons. The molecule has 2 saturated carbocycles. The summed E-state index contributed by atoms with van der Waals surface area (Å²) in [5.74, 6) is 0.477. The van der Waals surface area contributed by atoms with Crippen LogP contribution >= 0.6 is 0 Å². The van der Waals surface area contributed by atoms with Gasteiger partial charge in [0.15, 0.2) is 0 Å². The quantitative estimate of drug-likeness (QED) is 0.690. The van der Waals surface area contributed by atoms with Gasteiger partial charge in [-0.15, -0.1) is 0 Å². The Bertz CT molecular complexity index is 285. The van der Waals surface area contributed by atoms with Gasteiger partial charge < -0.3 is 15.8 Å². The van der Waals surface area contributed by atoms with Gasteiger partial charge in [-0.05, 0) is 46.0 Å². The predicted molar refractivity (Wildman–Crippen MR) is 57.4 cm³/mol. The van der Waals surface area contributed by atoms with Crippen molar-refractivity contribution in [1.29, 1.82) is 0 Å². The highest BCUT2D eigenvalue weighted by Crippen LogP contribution is 2.52. The van der Waals surface area contributed by atoms with Crippen molar-refractivity contribution in [2.45, 2.75) is 57.2 Å². The number of hydrogen-bond donors (Lipinski definition) is 2. The van der Waals surface area contributed by atoms with Crippen molar-refractivity contribution in [3.8, 4) is 0 Å². The minimum absolute atomic E-state index is 0.0260. The Morgan fingerprint density at radius 2 is 2.20 bits per heavy atom. The van der Waals surface area contributed by atoms with E-state index >= 15 is 0 Å². The molecule has 0 aliphatic heterocycles. The van der Waals surface area contributed by atoms with E-state index < -0.39 is 5.60 Å². The Morgan fingerprint density at radius 3 is 2.53 bits per heavy atom. The van der Waals surface area contributed by atoms with E-state index in [9.17, 15) is 4.79 Å². The Balaban J connectivity index is 1.86. The molecular weight excluding hydrogens is 192 g/mol. The van der Waals surface area contributed by atoms with Crippen LogP contribution in [0.25, 0.3) is 0 Å². The lowest BCUT2D eigenvalue weighted by atomic mass is 9.50. The van der Waals surface area contributed by atoms with Crippen LogP contribution < -0.4 is 11.1 Å². The van der Waals surface area contributed by atoms with Crippen molar-refractivity contribution >= 4 is 6.09 Å². The maximum absolute atomic E-state index is 11.6. The second-order valence-corrected chi connectivity index (χ2v) is 5.80. The second kappa shape index (κ2) is 3.11. The second-order valence-electron chi connectivity index (χ2n) is 5.80. The lowest BCUT2D eigenvalue weighted by Gasteiger charge is -2.62. The Kier molecular flexibility index (Phi) is 2.23. The number of carbonyl (C=O) groups is 1. The normalized spacial score (nSPS) is 38.4. The van der Waals surface area contributed by atoms with Gasteiger partial charge >= 0.3 is 6.09 Å². The molecular formula is C11H20N2O2. The van der Waals surface area contributed by atoms with Crippen molar-refractivity contribution in [2.75, 3.05) is 0 Å². The van der Waals surface area contributed by atoms with Crippen LogP contribution in [-0.2, 0) is 4.74 Å². The highest BCUT2D eigenvalue weighted by molar-refractivity contribution is 5.69. The fourth-order valence-electron chi connectivity index (χ4n) is 2.65. The number of alkyl carbamates (subject to hydrolysis) is 1. The molecule has 0 heterocycles. The van der Waals surface area contributed by atoms with Crippen LogP contribution in [0.2, 0.25) is 0 Å². The van der Waals surface area contributed by atoms with E-state index in [-0.39, 0.29) is 17.7 Å². The predicted octanol–water partition coefficient (Wildman–Crippen LogP) is 1.39. The SMILES string of the molecule is CC(C)(C)OC(=O)NC12CCC1C(N)C2. The van der Waals surface area contributed by atoms with Gasteiger partial charge in [0.25, 0.3) is 0 Å². The van der Waals surface area contributed by atoms with Crippen LogP contribution in [0.1, 0.15) is 40.0 Å². The van der Waals surface area contributed by atoms with Crippen molar-refractivity contribution in [1.82, 2.24) is 5.32 Å². The van der Waals surface area contributed by atoms with Gasteiger partial charge in [-0.1, -0.05) is 0 Å². The number of nitrogens with two attached hydrogens (primary N) is 1. The molecule has 4 heteroatoms. The smallest absolute Gasteiger partial charge is 0.408 e. The van der Waals surface area contributed by atoms with Crippen LogP contribution in [0.4, 0.5) is 4.79 Å². The molecule has 0 aromatic carbocycles. The van der Waals surface area contributed by atoms with E-state index in [1.165, 1.54) is 0 Å². The third kappa shape index (κ3) is 1.83. The fraction of sp³-hybridized carbons (Fsp3) is 0.909. The number of nitrogens with one attached hydrogen (secondary N) is 1. The zero-order valence-corrected chi connectivity index (χ0v) is 9.67. The van der Waals surface area contributed by atoms with Gasteiger partial charge in [0.05, 0.1) is 0 Å². The number of carbonyl (C=O) groups excluding carboxylic acids is 1. The number of rotatable bonds is 1. The maximum atomic E-state index is 11.6. The topological polar surface area (TPSA) is 64.3 Å². The molecule has 0 radical (unpaired) electrons. The molecule has 0 aromatic heterocycles. The molecule has 2 aliphatic rings. The van der Waals surface area contributed by atoms with Crippen molar-refractivity contribution in [2.24, 2.45) is 11.7 Å². The zero-order chi connectivity index (χ0) is 11.3. The van der Waals surface area contributed by atoms with Crippen molar-refractivity contribution in [3.05, 3.63) is 0 Å². The molecule has 2 fully saturated rings. The summed E-state index contributed by atoms with van der Waals surface area (Å²) in [6.07, 6.45) is 2.78. The maximum Gasteiger partial charge on any atom is 0.408 e. The molecule has 3 N–H and O–H groups in total. The third-order valence-corrected chi connectivity index (χ3v) is 3.48. The standard InChI is InChI=1S/C11H20N2O2/c1-10(2,3)15-9(14)13-11-5-4-7(11)8(12)6-11/h7-8H,4-6,12H2,1-3H3,(H,13,14). The summed E-state index contributed by atoms with van der Waals surface area (Å²) in [6.45, 7) is 5.61. The highest BCUT2D eigenvalue weighted by Gasteiger charge is 2.59. The first-order valence-electron chi connectivity index (χ1n) is 5.59. The van der Waals surface area contributed by atoms with E-state index in [0.29, 0.717) is 5.92 Å². The van der Waals surface area contributed by atoms with Crippen LogP contribution in [0.15, 0.2) is 0 Å². The molecule has 4 nitrogen and oxygen atoms in total. The van der Waals surface area contributed by atoms with Gasteiger partial charge in [-0.3, -0.25) is 0 Å². The van der Waals surface area contributed by atoms with Crippen molar-refractivity contribution in [3.63, 3.8) is 0 Å². The molecule has 2 aliphatic carbocycles. The molecule has 0 bridgehead atoms. The zero-order valence-electron chi connectivity index (χ0n) is 9.67. The van der Waals surface area contributed by atoms with Crippen LogP contribution in [0, 0.1) is 5.92 Å².